The predicted octanol–water partition coefficient (Wildman–Crippen LogP) is 3.52. The molecule has 1 aromatic rings. The molecule has 2 rings (SSSR count). The number of nitro benzene ring substituents is 1. The van der Waals surface area contributed by atoms with Gasteiger partial charge in [-0.2, -0.15) is 0 Å². The lowest BCUT2D eigenvalue weighted by Gasteiger charge is -2.08. The molecule has 0 heterocycles. The Morgan fingerprint density at radius 2 is 1.85 bits per heavy atom. The summed E-state index contributed by atoms with van der Waals surface area (Å²) >= 11 is 3.15. The molecule has 108 valence electrons. The number of carbonyl (C=O) groups is 1. The first-order valence-corrected chi connectivity index (χ1v) is 7.13. The number of halogens is 1. The molecule has 0 radical (unpaired) electrons. The maximum Gasteiger partial charge on any atom is 0.284 e. The van der Waals surface area contributed by atoms with E-state index in [-0.39, 0.29) is 38.5 Å². The fraction of sp³-hybridized carbons (Fsp3) is 0.500. The number of benzene rings is 1. The van der Waals surface area contributed by atoms with E-state index in [1.54, 1.807) is 6.07 Å². The normalized spacial score (nSPS) is 19.4. The van der Waals surface area contributed by atoms with E-state index in [4.69, 9.17) is 0 Å². The van der Waals surface area contributed by atoms with E-state index < -0.39 is 4.92 Å². The summed E-state index contributed by atoms with van der Waals surface area (Å²) in [6.45, 7) is 8.39. The lowest BCUT2D eigenvalue weighted by molar-refractivity contribution is -0.385. The van der Waals surface area contributed by atoms with E-state index in [1.807, 2.05) is 0 Å². The van der Waals surface area contributed by atoms with Gasteiger partial charge < -0.3 is 5.32 Å². The highest BCUT2D eigenvalue weighted by atomic mass is 79.9. The molecule has 1 N–H and O–H groups in total. The van der Waals surface area contributed by atoms with Gasteiger partial charge in [0.05, 0.1) is 10.5 Å². The fourth-order valence-corrected chi connectivity index (χ4v) is 3.19. The summed E-state index contributed by atoms with van der Waals surface area (Å²) in [5.41, 5.74) is 0.232. The van der Waals surface area contributed by atoms with Crippen molar-refractivity contribution in [1.82, 2.24) is 5.32 Å². The van der Waals surface area contributed by atoms with E-state index in [9.17, 15) is 14.9 Å². The molecule has 6 heteroatoms. The third kappa shape index (κ3) is 2.12. The predicted molar refractivity (Wildman–Crippen MR) is 79.6 cm³/mol. The van der Waals surface area contributed by atoms with Crippen LogP contribution in [0.3, 0.4) is 0 Å². The Kier molecular flexibility index (Phi) is 3.40. The second kappa shape index (κ2) is 4.55. The van der Waals surface area contributed by atoms with Crippen LogP contribution in [0, 0.1) is 20.9 Å². The van der Waals surface area contributed by atoms with Gasteiger partial charge in [-0.1, -0.05) is 33.8 Å². The first kappa shape index (κ1) is 15.0. The molecule has 0 spiro atoms. The van der Waals surface area contributed by atoms with Crippen molar-refractivity contribution in [3.63, 3.8) is 0 Å². The molecular formula is C14H17BrN2O3. The van der Waals surface area contributed by atoms with Crippen LogP contribution in [0.15, 0.2) is 22.7 Å². The first-order chi connectivity index (χ1) is 9.10. The van der Waals surface area contributed by atoms with Crippen molar-refractivity contribution in [2.75, 3.05) is 0 Å². The maximum atomic E-state index is 12.3. The van der Waals surface area contributed by atoms with Crippen molar-refractivity contribution in [1.29, 1.82) is 0 Å². The van der Waals surface area contributed by atoms with Gasteiger partial charge in [-0.25, -0.2) is 0 Å². The summed E-state index contributed by atoms with van der Waals surface area (Å²) in [5.74, 6) is -0.288. The van der Waals surface area contributed by atoms with Gasteiger partial charge in [-0.3, -0.25) is 14.9 Å². The average Bonchev–Trinajstić information content (AvgIpc) is 2.71. The van der Waals surface area contributed by atoms with Crippen molar-refractivity contribution in [2.45, 2.75) is 33.7 Å². The summed E-state index contributed by atoms with van der Waals surface area (Å²) in [4.78, 5) is 22.7. The van der Waals surface area contributed by atoms with Crippen molar-refractivity contribution in [2.24, 2.45) is 10.8 Å². The van der Waals surface area contributed by atoms with Crippen LogP contribution in [0.2, 0.25) is 0 Å². The second-order valence-electron chi connectivity index (χ2n) is 6.25. The molecule has 5 nitrogen and oxygen atoms in total. The lowest BCUT2D eigenvalue weighted by Crippen LogP contribution is -2.30. The topological polar surface area (TPSA) is 72.2 Å². The summed E-state index contributed by atoms with van der Waals surface area (Å²) in [6, 6.07) is 4.52. The Balaban J connectivity index is 2.24. The second-order valence-corrected chi connectivity index (χ2v) is 7.04. The summed E-state index contributed by atoms with van der Waals surface area (Å²) in [6.07, 6.45) is 0. The SMILES string of the molecule is CC1(C)C(NC(=O)c2cccc([N+](=O)[O-])c2Br)C1(C)C. The molecule has 1 aliphatic carbocycles. The van der Waals surface area contributed by atoms with Gasteiger partial charge in [0.1, 0.15) is 4.47 Å². The fourth-order valence-electron chi connectivity index (χ4n) is 2.60. The standard InChI is InChI=1S/C14H17BrN2O3/c1-13(2)12(14(13,3)4)16-11(18)8-6-5-7-9(10(8)15)17(19)20/h5-7,12H,1-4H3,(H,16,18). The minimum absolute atomic E-state index is 0.0237. The smallest absolute Gasteiger partial charge is 0.284 e. The molecule has 0 aromatic heterocycles. The minimum Gasteiger partial charge on any atom is -0.348 e. The van der Waals surface area contributed by atoms with Gasteiger partial charge in [0, 0.05) is 12.1 Å². The number of hydrogen-bond acceptors (Lipinski definition) is 3. The summed E-state index contributed by atoms with van der Waals surface area (Å²) in [5, 5.41) is 13.8. The van der Waals surface area contributed by atoms with Crippen LogP contribution >= 0.6 is 15.9 Å². The van der Waals surface area contributed by atoms with Crippen LogP contribution in [0.4, 0.5) is 5.69 Å². The van der Waals surface area contributed by atoms with Crippen molar-refractivity contribution in [3.8, 4) is 0 Å². The van der Waals surface area contributed by atoms with Crippen LogP contribution in [-0.2, 0) is 0 Å². The largest absolute Gasteiger partial charge is 0.348 e. The van der Waals surface area contributed by atoms with E-state index >= 15 is 0 Å². The highest BCUT2D eigenvalue weighted by molar-refractivity contribution is 9.10. The molecular weight excluding hydrogens is 324 g/mol. The molecule has 1 amide bonds. The molecule has 1 fully saturated rings. The van der Waals surface area contributed by atoms with Gasteiger partial charge in [-0.15, -0.1) is 0 Å². The minimum atomic E-state index is -0.508. The van der Waals surface area contributed by atoms with Gasteiger partial charge in [0.15, 0.2) is 0 Å². The van der Waals surface area contributed by atoms with Crippen molar-refractivity contribution >= 4 is 27.5 Å². The van der Waals surface area contributed by atoms with Crippen LogP contribution in [0.1, 0.15) is 38.1 Å². The molecule has 1 aromatic carbocycles. The Morgan fingerprint density at radius 3 is 2.30 bits per heavy atom. The Labute approximate surface area is 126 Å². The quantitative estimate of drug-likeness (QED) is 0.675. The zero-order valence-corrected chi connectivity index (χ0v) is 13.4. The van der Waals surface area contributed by atoms with Crippen molar-refractivity contribution < 1.29 is 9.72 Å². The van der Waals surface area contributed by atoms with Crippen LogP contribution in [0.25, 0.3) is 0 Å². The number of hydrogen-bond donors (Lipinski definition) is 1. The molecule has 20 heavy (non-hydrogen) atoms. The van der Waals surface area contributed by atoms with E-state index in [0.29, 0.717) is 0 Å². The zero-order valence-electron chi connectivity index (χ0n) is 11.9. The lowest BCUT2D eigenvalue weighted by atomic mass is 10.0. The molecule has 0 bridgehead atoms. The number of nitro groups is 1. The van der Waals surface area contributed by atoms with E-state index in [0.717, 1.165) is 0 Å². The molecule has 1 saturated carbocycles. The third-order valence-electron chi connectivity index (χ3n) is 4.72. The Hall–Kier alpha value is -1.43. The van der Waals surface area contributed by atoms with E-state index in [1.165, 1.54) is 12.1 Å². The Morgan fingerprint density at radius 1 is 1.30 bits per heavy atom. The highest BCUT2D eigenvalue weighted by Crippen LogP contribution is 2.62. The molecule has 0 saturated heterocycles. The Bertz CT molecular complexity index is 582. The monoisotopic (exact) mass is 340 g/mol. The zero-order chi connectivity index (χ0) is 15.3. The third-order valence-corrected chi connectivity index (χ3v) is 5.55. The van der Waals surface area contributed by atoms with Crippen LogP contribution < -0.4 is 5.32 Å². The average molecular weight is 341 g/mol. The summed E-state index contributed by atoms with van der Waals surface area (Å²) in [7, 11) is 0. The number of nitrogens with zero attached hydrogens (tertiary/aromatic N) is 1. The molecule has 1 aliphatic rings. The molecule has 0 unspecified atom stereocenters. The van der Waals surface area contributed by atoms with Gasteiger partial charge in [0.2, 0.25) is 0 Å². The first-order valence-electron chi connectivity index (χ1n) is 6.34. The molecule has 0 atom stereocenters. The number of rotatable bonds is 3. The van der Waals surface area contributed by atoms with E-state index in [2.05, 4.69) is 48.9 Å². The number of carbonyl (C=O) groups excluding carboxylic acids is 1. The number of amides is 1. The molecule has 0 aliphatic heterocycles. The van der Waals surface area contributed by atoms with Crippen LogP contribution in [0.5, 0.6) is 0 Å². The number of nitrogens with one attached hydrogen (secondary N) is 1. The van der Waals surface area contributed by atoms with Crippen LogP contribution in [-0.4, -0.2) is 16.9 Å². The van der Waals surface area contributed by atoms with Gasteiger partial charge >= 0.3 is 0 Å². The van der Waals surface area contributed by atoms with Crippen molar-refractivity contribution in [3.05, 3.63) is 38.3 Å². The van der Waals surface area contributed by atoms with Gasteiger partial charge in [-0.05, 0) is 32.8 Å². The maximum absolute atomic E-state index is 12.3. The highest BCUT2D eigenvalue weighted by Gasteiger charge is 2.65. The summed E-state index contributed by atoms with van der Waals surface area (Å²) < 4.78 is 0.221. The van der Waals surface area contributed by atoms with Gasteiger partial charge in [0.25, 0.3) is 11.6 Å².